The molecule has 1 aliphatic rings. The molecule has 0 aromatic heterocycles. The van der Waals surface area contributed by atoms with Gasteiger partial charge in [-0.05, 0) is 18.9 Å². The van der Waals surface area contributed by atoms with Crippen LogP contribution < -0.4 is 0 Å². The fourth-order valence-electron chi connectivity index (χ4n) is 2.00. The molecule has 0 unspecified atom stereocenters. The maximum Gasteiger partial charge on any atom is 0.0853 e. The van der Waals surface area contributed by atoms with Crippen molar-refractivity contribution in [2.45, 2.75) is 38.1 Å². The van der Waals surface area contributed by atoms with E-state index in [1.807, 2.05) is 25.1 Å². The zero-order valence-electron chi connectivity index (χ0n) is 8.39. The fourth-order valence-corrected chi connectivity index (χ4v) is 2.00. The van der Waals surface area contributed by atoms with Crippen LogP contribution in [-0.4, -0.2) is 17.3 Å². The van der Waals surface area contributed by atoms with E-state index in [2.05, 4.69) is 12.1 Å². The smallest absolute Gasteiger partial charge is 0.0853 e. The molecule has 1 saturated heterocycles. The minimum Gasteiger partial charge on any atom is -0.393 e. The van der Waals surface area contributed by atoms with E-state index >= 15 is 0 Å². The predicted molar refractivity (Wildman–Crippen MR) is 55.0 cm³/mol. The molecule has 2 nitrogen and oxygen atoms in total. The summed E-state index contributed by atoms with van der Waals surface area (Å²) in [5.74, 6) is 0. The van der Waals surface area contributed by atoms with Gasteiger partial charge in [0.15, 0.2) is 0 Å². The van der Waals surface area contributed by atoms with Gasteiger partial charge in [0, 0.05) is 6.42 Å². The Morgan fingerprint density at radius 3 is 2.57 bits per heavy atom. The lowest BCUT2D eigenvalue weighted by Crippen LogP contribution is -2.29. The van der Waals surface area contributed by atoms with Crippen LogP contribution in [-0.2, 0) is 4.74 Å². The van der Waals surface area contributed by atoms with Crippen molar-refractivity contribution in [1.82, 2.24) is 0 Å². The number of rotatable bonds is 1. The highest BCUT2D eigenvalue weighted by atomic mass is 16.5. The van der Waals surface area contributed by atoms with Crippen molar-refractivity contribution in [3.63, 3.8) is 0 Å². The van der Waals surface area contributed by atoms with E-state index in [1.165, 1.54) is 0 Å². The largest absolute Gasteiger partial charge is 0.393 e. The molecule has 3 atom stereocenters. The van der Waals surface area contributed by atoms with Gasteiger partial charge >= 0.3 is 0 Å². The number of hydrogen-bond acceptors (Lipinski definition) is 2. The topological polar surface area (TPSA) is 29.5 Å². The van der Waals surface area contributed by atoms with Gasteiger partial charge in [0.05, 0.1) is 18.3 Å². The third-order valence-corrected chi connectivity index (χ3v) is 2.66. The van der Waals surface area contributed by atoms with Gasteiger partial charge < -0.3 is 9.84 Å². The number of ether oxygens (including phenoxy) is 1. The highest BCUT2D eigenvalue weighted by molar-refractivity contribution is 5.18. The molecule has 0 aliphatic carbocycles. The first-order valence-corrected chi connectivity index (χ1v) is 5.14. The summed E-state index contributed by atoms with van der Waals surface area (Å²) in [7, 11) is 0. The Kier molecular flexibility index (Phi) is 2.85. The number of aliphatic hydroxyl groups is 1. The van der Waals surface area contributed by atoms with Crippen LogP contribution in [0.1, 0.15) is 31.4 Å². The van der Waals surface area contributed by atoms with E-state index in [9.17, 15) is 5.11 Å². The van der Waals surface area contributed by atoms with Crippen LogP contribution in [0.2, 0.25) is 0 Å². The molecule has 1 N–H and O–H groups in total. The van der Waals surface area contributed by atoms with Gasteiger partial charge in [0.1, 0.15) is 0 Å². The van der Waals surface area contributed by atoms with Crippen LogP contribution in [0.3, 0.4) is 0 Å². The molecule has 1 aliphatic heterocycles. The van der Waals surface area contributed by atoms with Gasteiger partial charge in [0.2, 0.25) is 0 Å². The Morgan fingerprint density at radius 2 is 1.93 bits per heavy atom. The molecule has 2 rings (SSSR count). The summed E-state index contributed by atoms with van der Waals surface area (Å²) in [5.41, 5.74) is 1.16. The van der Waals surface area contributed by atoms with Crippen LogP contribution in [0.25, 0.3) is 0 Å². The van der Waals surface area contributed by atoms with Crippen molar-refractivity contribution in [2.75, 3.05) is 0 Å². The van der Waals surface area contributed by atoms with E-state index in [1.54, 1.807) is 0 Å². The van der Waals surface area contributed by atoms with Crippen LogP contribution >= 0.6 is 0 Å². The van der Waals surface area contributed by atoms with Gasteiger partial charge in [0.25, 0.3) is 0 Å². The zero-order chi connectivity index (χ0) is 9.97. The molecule has 0 radical (unpaired) electrons. The Balaban J connectivity index is 2.11. The molecule has 14 heavy (non-hydrogen) atoms. The second kappa shape index (κ2) is 4.11. The number of hydrogen-bond donors (Lipinski definition) is 1. The molecule has 1 aromatic rings. The van der Waals surface area contributed by atoms with Crippen molar-refractivity contribution < 1.29 is 9.84 Å². The maximum absolute atomic E-state index is 9.63. The lowest BCUT2D eigenvalue weighted by Gasteiger charge is -2.31. The Morgan fingerprint density at radius 1 is 1.21 bits per heavy atom. The SMILES string of the molecule is C[C@H]1C[C@H](O)C[C@@H](c2ccccc2)O1. The van der Waals surface area contributed by atoms with E-state index in [0.717, 1.165) is 12.0 Å². The van der Waals surface area contributed by atoms with Crippen LogP contribution in [0.4, 0.5) is 0 Å². The Labute approximate surface area is 84.5 Å². The molecule has 1 fully saturated rings. The Hall–Kier alpha value is -0.860. The van der Waals surface area contributed by atoms with Crippen molar-refractivity contribution in [2.24, 2.45) is 0 Å². The van der Waals surface area contributed by atoms with Gasteiger partial charge in [-0.25, -0.2) is 0 Å². The summed E-state index contributed by atoms with van der Waals surface area (Å²) in [6.07, 6.45) is 1.47. The minimum atomic E-state index is -0.219. The summed E-state index contributed by atoms with van der Waals surface area (Å²) >= 11 is 0. The van der Waals surface area contributed by atoms with E-state index in [-0.39, 0.29) is 18.3 Å². The van der Waals surface area contributed by atoms with Crippen molar-refractivity contribution >= 4 is 0 Å². The summed E-state index contributed by atoms with van der Waals surface area (Å²) < 4.78 is 5.78. The summed E-state index contributed by atoms with van der Waals surface area (Å²) in [4.78, 5) is 0. The van der Waals surface area contributed by atoms with Crippen molar-refractivity contribution in [3.05, 3.63) is 35.9 Å². The monoisotopic (exact) mass is 192 g/mol. The van der Waals surface area contributed by atoms with Gasteiger partial charge in [-0.2, -0.15) is 0 Å². The molecule has 76 valence electrons. The third-order valence-electron chi connectivity index (χ3n) is 2.66. The molecule has 1 aromatic carbocycles. The Bertz CT molecular complexity index is 274. The highest BCUT2D eigenvalue weighted by Gasteiger charge is 2.26. The summed E-state index contributed by atoms with van der Waals surface area (Å²) in [6.45, 7) is 2.01. The third kappa shape index (κ3) is 2.14. The summed E-state index contributed by atoms with van der Waals surface area (Å²) in [5, 5.41) is 9.63. The number of benzene rings is 1. The quantitative estimate of drug-likeness (QED) is 0.739. The molecule has 0 saturated carbocycles. The normalized spacial score (nSPS) is 32.9. The average Bonchev–Trinajstić information content (AvgIpc) is 2.18. The lowest BCUT2D eigenvalue weighted by molar-refractivity contribution is -0.0895. The van der Waals surface area contributed by atoms with E-state index < -0.39 is 0 Å². The standard InChI is InChI=1S/C12H16O2/c1-9-7-11(13)8-12(14-9)10-5-3-2-4-6-10/h2-6,9,11-13H,7-8H2,1H3/t9-,11-,12-/m0/s1. The molecule has 0 spiro atoms. The molecular formula is C12H16O2. The summed E-state index contributed by atoms with van der Waals surface area (Å²) in [6, 6.07) is 10.1. The average molecular weight is 192 g/mol. The van der Waals surface area contributed by atoms with Crippen LogP contribution in [0.5, 0.6) is 0 Å². The first-order chi connectivity index (χ1) is 6.75. The van der Waals surface area contributed by atoms with E-state index in [0.29, 0.717) is 6.42 Å². The predicted octanol–water partition coefficient (Wildman–Crippen LogP) is 2.29. The van der Waals surface area contributed by atoms with Gasteiger partial charge in [-0.1, -0.05) is 30.3 Å². The lowest BCUT2D eigenvalue weighted by atomic mass is 9.97. The van der Waals surface area contributed by atoms with Crippen molar-refractivity contribution in [3.8, 4) is 0 Å². The van der Waals surface area contributed by atoms with Gasteiger partial charge in [-0.3, -0.25) is 0 Å². The minimum absolute atomic E-state index is 0.0648. The maximum atomic E-state index is 9.63. The first-order valence-electron chi connectivity index (χ1n) is 5.14. The number of aliphatic hydroxyl groups excluding tert-OH is 1. The molecule has 0 amide bonds. The second-order valence-electron chi connectivity index (χ2n) is 3.97. The van der Waals surface area contributed by atoms with E-state index in [4.69, 9.17) is 4.74 Å². The van der Waals surface area contributed by atoms with Crippen molar-refractivity contribution in [1.29, 1.82) is 0 Å². The second-order valence-corrected chi connectivity index (χ2v) is 3.97. The molecular weight excluding hydrogens is 176 g/mol. The molecule has 0 bridgehead atoms. The highest BCUT2D eigenvalue weighted by Crippen LogP contribution is 2.30. The zero-order valence-corrected chi connectivity index (χ0v) is 8.39. The first kappa shape index (κ1) is 9.69. The van der Waals surface area contributed by atoms with Crippen LogP contribution in [0, 0.1) is 0 Å². The fraction of sp³-hybridized carbons (Fsp3) is 0.500. The van der Waals surface area contributed by atoms with Gasteiger partial charge in [-0.15, -0.1) is 0 Å². The van der Waals surface area contributed by atoms with Crippen LogP contribution in [0.15, 0.2) is 30.3 Å². The molecule has 1 heterocycles. The molecule has 2 heteroatoms.